The molecule has 1 aromatic carbocycles. The number of hydrogen-bond donors (Lipinski definition) is 3. The molecule has 2 amide bonds. The lowest BCUT2D eigenvalue weighted by molar-refractivity contribution is -0.139. The van der Waals surface area contributed by atoms with Gasteiger partial charge >= 0.3 is 12.1 Å². The molecule has 4 aromatic rings. The van der Waals surface area contributed by atoms with E-state index in [9.17, 15) is 14.4 Å². The quantitative estimate of drug-likeness (QED) is 0.217. The second kappa shape index (κ2) is 14.7. The van der Waals surface area contributed by atoms with Gasteiger partial charge in [-0.3, -0.25) is 20.0 Å². The second-order valence-electron chi connectivity index (χ2n) is 11.6. The topological polar surface area (TPSA) is 172 Å². The zero-order valence-electron chi connectivity index (χ0n) is 26.0. The molecule has 0 unspecified atom stereocenters. The Labute approximate surface area is 275 Å². The predicted molar refractivity (Wildman–Crippen MR) is 177 cm³/mol. The molecule has 6 rings (SSSR count). The van der Waals surface area contributed by atoms with E-state index >= 15 is 0 Å². The molecular formula is C32H36N8O6S. The van der Waals surface area contributed by atoms with Gasteiger partial charge in [0.05, 0.1) is 40.5 Å². The summed E-state index contributed by atoms with van der Waals surface area (Å²) in [6.07, 6.45) is 9.36. The van der Waals surface area contributed by atoms with Gasteiger partial charge in [-0.1, -0.05) is 23.8 Å². The SMILES string of the molecule is Cc1ncc(-c2ccc3nc(NC(=O)CN4CCN(c5ncc(OCC(=O)O)cn5)CC4)sc3c2)cc1NC(=O)OC1CCCCC1. The summed E-state index contributed by atoms with van der Waals surface area (Å²) in [7, 11) is 0. The highest BCUT2D eigenvalue weighted by atomic mass is 32.1. The number of amides is 2. The van der Waals surface area contributed by atoms with Crippen molar-refractivity contribution < 1.29 is 29.0 Å². The van der Waals surface area contributed by atoms with Crippen molar-refractivity contribution >= 4 is 56.3 Å². The van der Waals surface area contributed by atoms with Gasteiger partial charge in [-0.25, -0.2) is 24.5 Å². The number of rotatable bonds is 10. The largest absolute Gasteiger partial charge is 0.479 e. The Bertz CT molecular complexity index is 1740. The maximum absolute atomic E-state index is 12.9. The number of hydrogen-bond acceptors (Lipinski definition) is 12. The van der Waals surface area contributed by atoms with Gasteiger partial charge in [-0.05, 0) is 56.4 Å². The van der Waals surface area contributed by atoms with E-state index in [2.05, 4.69) is 35.5 Å². The third-order valence-electron chi connectivity index (χ3n) is 8.12. The first-order chi connectivity index (χ1) is 22.8. The maximum atomic E-state index is 12.9. The number of aromatic nitrogens is 4. The summed E-state index contributed by atoms with van der Waals surface area (Å²) >= 11 is 1.40. The van der Waals surface area contributed by atoms with Crippen molar-refractivity contribution in [2.24, 2.45) is 0 Å². The van der Waals surface area contributed by atoms with Crippen LogP contribution in [0, 0.1) is 6.92 Å². The number of thiazole rings is 1. The number of pyridine rings is 1. The molecule has 2 aliphatic rings. The van der Waals surface area contributed by atoms with Gasteiger partial charge in [0.2, 0.25) is 11.9 Å². The monoisotopic (exact) mass is 660 g/mol. The van der Waals surface area contributed by atoms with Gasteiger partial charge in [0.15, 0.2) is 17.5 Å². The zero-order chi connectivity index (χ0) is 32.8. The summed E-state index contributed by atoms with van der Waals surface area (Å²) in [4.78, 5) is 57.8. The summed E-state index contributed by atoms with van der Waals surface area (Å²) in [5.74, 6) is -0.399. The van der Waals surface area contributed by atoms with Gasteiger partial charge in [-0.15, -0.1) is 0 Å². The number of fused-ring (bicyclic) bond motifs is 1. The van der Waals surface area contributed by atoms with E-state index in [1.54, 1.807) is 6.20 Å². The smallest absolute Gasteiger partial charge is 0.411 e. The van der Waals surface area contributed by atoms with Crippen LogP contribution in [0.25, 0.3) is 21.3 Å². The summed E-state index contributed by atoms with van der Waals surface area (Å²) in [5.41, 5.74) is 3.84. The lowest BCUT2D eigenvalue weighted by Crippen LogP contribution is -2.49. The number of anilines is 3. The molecule has 246 valence electrons. The third kappa shape index (κ3) is 8.48. The highest BCUT2D eigenvalue weighted by Crippen LogP contribution is 2.32. The molecule has 4 heterocycles. The molecule has 3 aromatic heterocycles. The number of nitrogens with zero attached hydrogens (tertiary/aromatic N) is 6. The first-order valence-electron chi connectivity index (χ1n) is 15.6. The van der Waals surface area contributed by atoms with Crippen LogP contribution in [0.2, 0.25) is 0 Å². The lowest BCUT2D eigenvalue weighted by Gasteiger charge is -2.34. The first-order valence-corrected chi connectivity index (χ1v) is 16.4. The Morgan fingerprint density at radius 1 is 0.957 bits per heavy atom. The van der Waals surface area contributed by atoms with E-state index in [0.29, 0.717) is 54.4 Å². The van der Waals surface area contributed by atoms with Crippen molar-refractivity contribution in [1.82, 2.24) is 24.8 Å². The average molecular weight is 661 g/mol. The molecule has 47 heavy (non-hydrogen) atoms. The van der Waals surface area contributed by atoms with E-state index in [1.807, 2.05) is 36.1 Å². The number of piperazine rings is 1. The van der Waals surface area contributed by atoms with Crippen LogP contribution in [0.1, 0.15) is 37.8 Å². The number of carbonyl (C=O) groups excluding carboxylic acids is 2. The number of ether oxygens (including phenoxy) is 2. The highest BCUT2D eigenvalue weighted by Gasteiger charge is 2.22. The van der Waals surface area contributed by atoms with Gasteiger partial charge in [-0.2, -0.15) is 0 Å². The Kier molecular flexibility index (Phi) is 10.0. The summed E-state index contributed by atoms with van der Waals surface area (Å²) in [5, 5.41) is 15.1. The van der Waals surface area contributed by atoms with Gasteiger partial charge in [0, 0.05) is 37.9 Å². The summed E-state index contributed by atoms with van der Waals surface area (Å²) in [6.45, 7) is 4.20. The van der Waals surface area contributed by atoms with E-state index in [-0.39, 0.29) is 18.6 Å². The van der Waals surface area contributed by atoms with Crippen LogP contribution in [0.4, 0.5) is 21.6 Å². The number of benzene rings is 1. The van der Waals surface area contributed by atoms with Crippen LogP contribution < -0.4 is 20.3 Å². The van der Waals surface area contributed by atoms with Crippen LogP contribution in [-0.4, -0.2) is 93.3 Å². The average Bonchev–Trinajstić information content (AvgIpc) is 3.47. The number of nitrogens with one attached hydrogen (secondary N) is 2. The number of carboxylic acids is 1. The first kappa shape index (κ1) is 32.1. The second-order valence-corrected chi connectivity index (χ2v) is 12.6. The molecule has 0 atom stereocenters. The molecule has 15 heteroatoms. The standard InChI is InChI=1S/C32H36N8O6S/c1-20-26(37-32(44)46-23-5-3-2-4-6-23)13-22(15-33-20)21-7-8-25-27(14-21)47-31(36-25)38-28(41)18-39-9-11-40(12-10-39)30-34-16-24(17-35-30)45-19-29(42)43/h7-8,13-17,23H,2-6,9-12,18-19H2,1H3,(H,37,44)(H,42,43)(H,36,38,41). The predicted octanol–water partition coefficient (Wildman–Crippen LogP) is 4.56. The minimum absolute atomic E-state index is 0.0333. The molecule has 0 spiro atoms. The number of carboxylic acid groups (broad SMARTS) is 1. The van der Waals surface area contributed by atoms with Gasteiger partial charge in [0.25, 0.3) is 0 Å². The summed E-state index contributed by atoms with van der Waals surface area (Å²) < 4.78 is 11.6. The molecule has 1 saturated carbocycles. The van der Waals surface area contributed by atoms with Crippen molar-refractivity contribution in [3.63, 3.8) is 0 Å². The fourth-order valence-corrected chi connectivity index (χ4v) is 6.53. The van der Waals surface area contributed by atoms with E-state index in [0.717, 1.165) is 47.0 Å². The lowest BCUT2D eigenvalue weighted by atomic mass is 9.98. The fraction of sp³-hybridized carbons (Fsp3) is 0.406. The van der Waals surface area contributed by atoms with Crippen molar-refractivity contribution in [3.8, 4) is 16.9 Å². The minimum atomic E-state index is -1.07. The molecule has 0 bridgehead atoms. The molecule has 3 N–H and O–H groups in total. The molecule has 0 radical (unpaired) electrons. The fourth-order valence-electron chi connectivity index (χ4n) is 5.61. The Hall–Kier alpha value is -4.89. The van der Waals surface area contributed by atoms with Crippen LogP contribution in [-0.2, 0) is 14.3 Å². The van der Waals surface area contributed by atoms with Crippen LogP contribution in [0.15, 0.2) is 42.9 Å². The molecule has 1 aliphatic heterocycles. The molecule has 2 fully saturated rings. The van der Waals surface area contributed by atoms with E-state index < -0.39 is 18.7 Å². The van der Waals surface area contributed by atoms with E-state index in [1.165, 1.54) is 30.2 Å². The Balaban J connectivity index is 1.01. The molecular weight excluding hydrogens is 624 g/mol. The Morgan fingerprint density at radius 2 is 1.72 bits per heavy atom. The van der Waals surface area contributed by atoms with E-state index in [4.69, 9.17) is 14.6 Å². The maximum Gasteiger partial charge on any atom is 0.411 e. The van der Waals surface area contributed by atoms with Gasteiger partial charge < -0.3 is 24.8 Å². The van der Waals surface area contributed by atoms with Crippen molar-refractivity contribution in [3.05, 3.63) is 48.5 Å². The minimum Gasteiger partial charge on any atom is -0.479 e. The van der Waals surface area contributed by atoms with Crippen molar-refractivity contribution in [1.29, 1.82) is 0 Å². The van der Waals surface area contributed by atoms with Crippen molar-refractivity contribution in [2.75, 3.05) is 54.9 Å². The van der Waals surface area contributed by atoms with Crippen LogP contribution in [0.5, 0.6) is 5.75 Å². The van der Waals surface area contributed by atoms with Gasteiger partial charge in [0.1, 0.15) is 6.10 Å². The molecule has 1 saturated heterocycles. The van der Waals surface area contributed by atoms with Crippen molar-refractivity contribution in [2.45, 2.75) is 45.1 Å². The highest BCUT2D eigenvalue weighted by molar-refractivity contribution is 7.22. The zero-order valence-corrected chi connectivity index (χ0v) is 26.8. The number of aryl methyl sites for hydroxylation is 1. The Morgan fingerprint density at radius 3 is 2.47 bits per heavy atom. The van der Waals surface area contributed by atoms with Crippen LogP contribution in [0.3, 0.4) is 0 Å². The van der Waals surface area contributed by atoms with Crippen LogP contribution >= 0.6 is 11.3 Å². The normalized spacial score (nSPS) is 15.7. The number of carbonyl (C=O) groups is 3. The third-order valence-corrected chi connectivity index (χ3v) is 9.05. The molecule has 14 nitrogen and oxygen atoms in total. The number of aliphatic carboxylic acids is 1. The molecule has 1 aliphatic carbocycles. The summed E-state index contributed by atoms with van der Waals surface area (Å²) in [6, 6.07) is 7.76.